The molecule has 6 nitrogen and oxygen atoms in total. The molecule has 0 atom stereocenters. The second-order valence-corrected chi connectivity index (χ2v) is 8.36. The number of nitrogens with zero attached hydrogens (tertiary/aromatic N) is 2. The quantitative estimate of drug-likeness (QED) is 0.799. The van der Waals surface area contributed by atoms with Gasteiger partial charge in [-0.3, -0.25) is 4.79 Å². The van der Waals surface area contributed by atoms with Gasteiger partial charge in [0.25, 0.3) is 15.9 Å². The van der Waals surface area contributed by atoms with E-state index in [9.17, 15) is 13.2 Å². The summed E-state index contributed by atoms with van der Waals surface area (Å²) in [6.07, 6.45) is 6.78. The van der Waals surface area contributed by atoms with Crippen LogP contribution in [0.3, 0.4) is 0 Å². The summed E-state index contributed by atoms with van der Waals surface area (Å²) in [4.78, 5) is 14.2. The first-order valence-electron chi connectivity index (χ1n) is 8.68. The number of hydrogen-bond acceptors (Lipinski definition) is 4. The van der Waals surface area contributed by atoms with Gasteiger partial charge in [0.2, 0.25) is 0 Å². The van der Waals surface area contributed by atoms with Crippen molar-refractivity contribution in [3.8, 4) is 0 Å². The Labute approximate surface area is 154 Å². The molecular formula is C19H23N3O3S. The third-order valence-electron chi connectivity index (χ3n) is 4.51. The molecule has 0 fully saturated rings. The average molecular weight is 373 g/mol. The van der Waals surface area contributed by atoms with Crippen molar-refractivity contribution in [3.05, 3.63) is 58.8 Å². The van der Waals surface area contributed by atoms with Gasteiger partial charge in [0, 0.05) is 19.3 Å². The molecule has 0 aromatic heterocycles. The number of fused-ring (bicyclic) bond motifs is 1. The number of benzene rings is 1. The Morgan fingerprint density at radius 1 is 1.31 bits per heavy atom. The number of amides is 1. The van der Waals surface area contributed by atoms with Crippen LogP contribution in [-0.4, -0.2) is 43.9 Å². The van der Waals surface area contributed by atoms with Crippen molar-refractivity contribution in [2.75, 3.05) is 18.8 Å². The zero-order valence-electron chi connectivity index (χ0n) is 15.0. The van der Waals surface area contributed by atoms with Crippen molar-refractivity contribution in [1.82, 2.24) is 10.2 Å². The minimum absolute atomic E-state index is 0.0361. The smallest absolute Gasteiger partial charge is 0.256 e. The van der Waals surface area contributed by atoms with Crippen LogP contribution in [0.5, 0.6) is 0 Å². The number of carbonyl (C=O) groups excluding carboxylic acids is 1. The molecule has 0 aliphatic carbocycles. The molecule has 1 N–H and O–H groups in total. The third kappa shape index (κ3) is 4.22. The molecule has 0 bridgehead atoms. The van der Waals surface area contributed by atoms with E-state index in [1.165, 1.54) is 16.7 Å². The zero-order chi connectivity index (χ0) is 18.7. The molecule has 2 aliphatic heterocycles. The van der Waals surface area contributed by atoms with Crippen LogP contribution in [-0.2, 0) is 21.2 Å². The van der Waals surface area contributed by atoms with Gasteiger partial charge in [-0.2, -0.15) is 0 Å². The molecule has 0 unspecified atom stereocenters. The first kappa shape index (κ1) is 18.4. The molecule has 7 heteroatoms. The van der Waals surface area contributed by atoms with Gasteiger partial charge in [0.15, 0.2) is 5.84 Å². The van der Waals surface area contributed by atoms with Crippen molar-refractivity contribution < 1.29 is 13.2 Å². The van der Waals surface area contributed by atoms with Gasteiger partial charge in [0.1, 0.15) is 0 Å². The maximum absolute atomic E-state index is 12.5. The van der Waals surface area contributed by atoms with E-state index in [0.29, 0.717) is 18.7 Å². The number of allylic oxidation sites excluding steroid dienone is 2. The molecule has 0 radical (unpaired) electrons. The topological polar surface area (TPSA) is 78.8 Å². The lowest BCUT2D eigenvalue weighted by Gasteiger charge is -2.28. The van der Waals surface area contributed by atoms with E-state index in [4.69, 9.17) is 0 Å². The summed E-state index contributed by atoms with van der Waals surface area (Å²) < 4.78 is 27.3. The number of amidine groups is 1. The molecule has 1 aromatic carbocycles. The summed E-state index contributed by atoms with van der Waals surface area (Å²) in [5.41, 5.74) is 4.07. The normalized spacial score (nSPS) is 18.0. The van der Waals surface area contributed by atoms with E-state index in [0.717, 1.165) is 12.8 Å². The number of sulfonamides is 1. The summed E-state index contributed by atoms with van der Waals surface area (Å²) >= 11 is 0. The third-order valence-corrected chi connectivity index (χ3v) is 5.66. The van der Waals surface area contributed by atoms with Crippen LogP contribution in [0.4, 0.5) is 0 Å². The second-order valence-electron chi connectivity index (χ2n) is 6.61. The Hall–Kier alpha value is -2.41. The molecule has 0 spiro atoms. The van der Waals surface area contributed by atoms with Gasteiger partial charge in [-0.05, 0) is 50.0 Å². The molecule has 26 heavy (non-hydrogen) atoms. The highest BCUT2D eigenvalue weighted by Gasteiger charge is 2.29. The minimum Gasteiger partial charge on any atom is -0.352 e. The summed E-state index contributed by atoms with van der Waals surface area (Å²) in [5, 5.41) is 2.87. The van der Waals surface area contributed by atoms with Crippen molar-refractivity contribution >= 4 is 21.8 Å². The first-order chi connectivity index (χ1) is 12.4. The van der Waals surface area contributed by atoms with E-state index in [-0.39, 0.29) is 17.5 Å². The van der Waals surface area contributed by atoms with Crippen LogP contribution in [0.1, 0.15) is 23.1 Å². The number of hydrogen-bond donors (Lipinski definition) is 1. The fraction of sp³-hybridized carbons (Fsp3) is 0.368. The molecule has 138 valence electrons. The van der Waals surface area contributed by atoms with Crippen molar-refractivity contribution in [2.24, 2.45) is 4.40 Å². The van der Waals surface area contributed by atoms with Crippen LogP contribution in [0.25, 0.3) is 0 Å². The predicted octanol–water partition coefficient (Wildman–Crippen LogP) is 1.85. The number of nitrogens with one attached hydrogen (secondary N) is 1. The maximum Gasteiger partial charge on any atom is 0.256 e. The number of rotatable bonds is 5. The van der Waals surface area contributed by atoms with Gasteiger partial charge in [0.05, 0.1) is 11.3 Å². The van der Waals surface area contributed by atoms with Crippen LogP contribution in [0, 0.1) is 13.8 Å². The standard InChI is InChI=1S/C19H23N3O3S/c1-14-7-8-16(15(2)13-14)5-3-9-20-19(23)17-6-4-10-22-11-12-26(24,25)21-18(17)22/h4,6-8,10,13H,3,5,9,11-12H2,1-2H3,(H,20,23). The molecule has 2 heterocycles. The van der Waals surface area contributed by atoms with Gasteiger partial charge < -0.3 is 10.2 Å². The molecule has 2 aliphatic rings. The molecule has 1 aromatic rings. The van der Waals surface area contributed by atoms with Crippen LogP contribution in [0.2, 0.25) is 0 Å². The van der Waals surface area contributed by atoms with Crippen molar-refractivity contribution in [1.29, 1.82) is 0 Å². The molecular weight excluding hydrogens is 350 g/mol. The largest absolute Gasteiger partial charge is 0.352 e. The summed E-state index contributed by atoms with van der Waals surface area (Å²) in [5.74, 6) is -0.118. The van der Waals surface area contributed by atoms with Crippen LogP contribution in [0.15, 0.2) is 46.5 Å². The highest BCUT2D eigenvalue weighted by atomic mass is 32.2. The molecule has 1 amide bonds. The Kier molecular flexibility index (Phi) is 5.27. The summed E-state index contributed by atoms with van der Waals surface area (Å²) in [6, 6.07) is 6.38. The molecule has 0 saturated carbocycles. The highest BCUT2D eigenvalue weighted by molar-refractivity contribution is 7.90. The van der Waals surface area contributed by atoms with Gasteiger partial charge >= 0.3 is 0 Å². The zero-order valence-corrected chi connectivity index (χ0v) is 15.8. The second kappa shape index (κ2) is 7.45. The Balaban J connectivity index is 1.59. The van der Waals surface area contributed by atoms with E-state index in [2.05, 4.69) is 41.8 Å². The number of aryl methyl sites for hydroxylation is 3. The predicted molar refractivity (Wildman–Crippen MR) is 102 cm³/mol. The fourth-order valence-electron chi connectivity index (χ4n) is 3.10. The van der Waals surface area contributed by atoms with Crippen molar-refractivity contribution in [3.63, 3.8) is 0 Å². The van der Waals surface area contributed by atoms with E-state index >= 15 is 0 Å². The van der Waals surface area contributed by atoms with Crippen molar-refractivity contribution in [2.45, 2.75) is 26.7 Å². The first-order valence-corrected chi connectivity index (χ1v) is 10.3. The van der Waals surface area contributed by atoms with Gasteiger partial charge in [-0.1, -0.05) is 23.8 Å². The maximum atomic E-state index is 12.5. The summed E-state index contributed by atoms with van der Waals surface area (Å²) in [7, 11) is -3.50. The molecule has 3 rings (SSSR count). The Morgan fingerprint density at radius 2 is 2.12 bits per heavy atom. The van der Waals surface area contributed by atoms with Crippen LogP contribution >= 0.6 is 0 Å². The SMILES string of the molecule is Cc1ccc(CCCNC(=O)C2=CC=CN3CCS(=O)(=O)N=C23)c(C)c1. The monoisotopic (exact) mass is 373 g/mol. The number of carbonyl (C=O) groups is 1. The lowest BCUT2D eigenvalue weighted by molar-refractivity contribution is -0.117. The van der Waals surface area contributed by atoms with E-state index in [1.54, 1.807) is 23.3 Å². The Bertz CT molecular complexity index is 914. The van der Waals surface area contributed by atoms with Gasteiger partial charge in [-0.25, -0.2) is 8.42 Å². The Morgan fingerprint density at radius 3 is 2.88 bits per heavy atom. The highest BCUT2D eigenvalue weighted by Crippen LogP contribution is 2.18. The van der Waals surface area contributed by atoms with E-state index in [1.807, 2.05) is 0 Å². The lowest BCUT2D eigenvalue weighted by atomic mass is 10.0. The summed E-state index contributed by atoms with van der Waals surface area (Å²) in [6.45, 7) is 5.00. The minimum atomic E-state index is -3.50. The fourth-order valence-corrected chi connectivity index (χ4v) is 4.08. The van der Waals surface area contributed by atoms with E-state index < -0.39 is 10.0 Å². The molecule has 0 saturated heterocycles. The average Bonchev–Trinajstić information content (AvgIpc) is 2.58. The van der Waals surface area contributed by atoms with Gasteiger partial charge in [-0.15, -0.1) is 4.40 Å². The van der Waals surface area contributed by atoms with Crippen LogP contribution < -0.4 is 5.32 Å². The lowest BCUT2D eigenvalue weighted by Crippen LogP contribution is -2.42.